The van der Waals surface area contributed by atoms with Crippen molar-refractivity contribution in [3.05, 3.63) is 18.6 Å². The van der Waals surface area contributed by atoms with Crippen LogP contribution in [0.5, 0.6) is 0 Å². The van der Waals surface area contributed by atoms with Crippen molar-refractivity contribution in [2.75, 3.05) is 31.1 Å². The monoisotopic (exact) mass is 232 g/mol. The Kier molecular flexibility index (Phi) is 3.22. The van der Waals surface area contributed by atoms with E-state index in [4.69, 9.17) is 0 Å². The number of fused-ring (bicyclic) bond motifs is 6. The standard InChI is InChI=1S/C13H20N4/c1-3-12-4-2-8-16(7-1)9-10-17(12)13-11-14-5-6-15-13/h5-6,11-12H,1-4,7-10H2. The quantitative estimate of drug-likeness (QED) is 0.735. The Labute approximate surface area is 103 Å². The molecule has 3 saturated heterocycles. The van der Waals surface area contributed by atoms with Gasteiger partial charge in [-0.2, -0.15) is 0 Å². The summed E-state index contributed by atoms with van der Waals surface area (Å²) in [5.74, 6) is 1.06. The molecule has 2 bridgehead atoms. The van der Waals surface area contributed by atoms with Crippen LogP contribution in [0.15, 0.2) is 18.6 Å². The summed E-state index contributed by atoms with van der Waals surface area (Å²) >= 11 is 0. The second kappa shape index (κ2) is 5.00. The van der Waals surface area contributed by atoms with E-state index in [0.717, 1.165) is 12.4 Å². The first-order valence-electron chi connectivity index (χ1n) is 6.68. The summed E-state index contributed by atoms with van der Waals surface area (Å²) in [6.45, 7) is 4.84. The molecule has 4 nitrogen and oxygen atoms in total. The van der Waals surface area contributed by atoms with E-state index in [2.05, 4.69) is 19.8 Å². The van der Waals surface area contributed by atoms with Gasteiger partial charge in [0.05, 0.1) is 6.20 Å². The summed E-state index contributed by atoms with van der Waals surface area (Å²) in [6, 6.07) is 0.675. The van der Waals surface area contributed by atoms with Gasteiger partial charge < -0.3 is 9.80 Å². The van der Waals surface area contributed by atoms with Gasteiger partial charge >= 0.3 is 0 Å². The zero-order valence-corrected chi connectivity index (χ0v) is 10.3. The van der Waals surface area contributed by atoms with Crippen LogP contribution in [0.2, 0.25) is 0 Å². The van der Waals surface area contributed by atoms with Crippen LogP contribution < -0.4 is 4.90 Å². The molecule has 0 N–H and O–H groups in total. The molecule has 4 rings (SSSR count). The maximum absolute atomic E-state index is 4.47. The van der Waals surface area contributed by atoms with Crippen LogP contribution in [0.3, 0.4) is 0 Å². The minimum atomic E-state index is 0.675. The number of rotatable bonds is 1. The first-order chi connectivity index (χ1) is 8.43. The van der Waals surface area contributed by atoms with Gasteiger partial charge in [0.2, 0.25) is 0 Å². The fourth-order valence-corrected chi connectivity index (χ4v) is 3.07. The van der Waals surface area contributed by atoms with Crippen LogP contribution in [0.4, 0.5) is 5.82 Å². The Morgan fingerprint density at radius 1 is 1.00 bits per heavy atom. The zero-order chi connectivity index (χ0) is 11.5. The van der Waals surface area contributed by atoms with Gasteiger partial charge in [-0.1, -0.05) is 0 Å². The van der Waals surface area contributed by atoms with E-state index < -0.39 is 0 Å². The third-order valence-electron chi connectivity index (χ3n) is 3.97. The van der Waals surface area contributed by atoms with Gasteiger partial charge in [-0.15, -0.1) is 0 Å². The Balaban J connectivity index is 1.83. The molecule has 4 heteroatoms. The van der Waals surface area contributed by atoms with Gasteiger partial charge in [0.25, 0.3) is 0 Å². The van der Waals surface area contributed by atoms with Gasteiger partial charge in [-0.3, -0.25) is 4.98 Å². The molecule has 0 atom stereocenters. The van der Waals surface area contributed by atoms with E-state index in [1.807, 2.05) is 6.20 Å². The highest BCUT2D eigenvalue weighted by molar-refractivity contribution is 5.37. The molecular formula is C13H20N4. The van der Waals surface area contributed by atoms with Crippen molar-refractivity contribution >= 4 is 5.82 Å². The van der Waals surface area contributed by atoms with Gasteiger partial charge in [-0.05, 0) is 38.8 Å². The van der Waals surface area contributed by atoms with E-state index in [1.54, 1.807) is 12.4 Å². The molecule has 0 saturated carbocycles. The molecule has 92 valence electrons. The molecule has 0 amide bonds. The topological polar surface area (TPSA) is 32.3 Å². The molecule has 3 fully saturated rings. The Hall–Kier alpha value is -1.16. The average molecular weight is 232 g/mol. The zero-order valence-electron chi connectivity index (χ0n) is 10.3. The van der Waals surface area contributed by atoms with Gasteiger partial charge in [0.15, 0.2) is 0 Å². The van der Waals surface area contributed by atoms with Crippen molar-refractivity contribution in [2.24, 2.45) is 0 Å². The lowest BCUT2D eigenvalue weighted by atomic mass is 9.99. The molecule has 4 heterocycles. The number of nitrogens with zero attached hydrogens (tertiary/aromatic N) is 4. The Morgan fingerprint density at radius 3 is 2.53 bits per heavy atom. The van der Waals surface area contributed by atoms with Crippen molar-refractivity contribution < 1.29 is 0 Å². The van der Waals surface area contributed by atoms with E-state index >= 15 is 0 Å². The summed E-state index contributed by atoms with van der Waals surface area (Å²) < 4.78 is 0. The Morgan fingerprint density at radius 2 is 1.82 bits per heavy atom. The molecule has 0 spiro atoms. The molecular weight excluding hydrogens is 212 g/mol. The molecule has 1 aromatic heterocycles. The highest BCUT2D eigenvalue weighted by Crippen LogP contribution is 2.24. The normalized spacial score (nSPS) is 29.5. The SMILES string of the molecule is c1cnc(N2CCN3CCCC2CCC3)cn1. The largest absolute Gasteiger partial charge is 0.351 e. The minimum Gasteiger partial charge on any atom is -0.351 e. The van der Waals surface area contributed by atoms with Gasteiger partial charge in [-0.25, -0.2) is 4.98 Å². The maximum atomic E-state index is 4.47. The average Bonchev–Trinajstić information content (AvgIpc) is 2.28. The smallest absolute Gasteiger partial charge is 0.147 e. The van der Waals surface area contributed by atoms with Crippen molar-refractivity contribution in [1.29, 1.82) is 0 Å². The van der Waals surface area contributed by atoms with Crippen molar-refractivity contribution in [3.63, 3.8) is 0 Å². The number of hydrogen-bond acceptors (Lipinski definition) is 4. The predicted octanol–water partition coefficient (Wildman–Crippen LogP) is 1.54. The molecule has 17 heavy (non-hydrogen) atoms. The highest BCUT2D eigenvalue weighted by Gasteiger charge is 2.25. The molecule has 0 radical (unpaired) electrons. The van der Waals surface area contributed by atoms with Crippen LogP contribution in [0.25, 0.3) is 0 Å². The van der Waals surface area contributed by atoms with Crippen molar-refractivity contribution in [2.45, 2.75) is 31.7 Å². The molecule has 3 aliphatic heterocycles. The molecule has 0 aliphatic carbocycles. The van der Waals surface area contributed by atoms with Crippen LogP contribution in [-0.4, -0.2) is 47.1 Å². The first-order valence-corrected chi connectivity index (χ1v) is 6.68. The number of hydrogen-bond donors (Lipinski definition) is 0. The van der Waals surface area contributed by atoms with E-state index in [9.17, 15) is 0 Å². The van der Waals surface area contributed by atoms with Crippen LogP contribution in [0, 0.1) is 0 Å². The van der Waals surface area contributed by atoms with Crippen LogP contribution in [-0.2, 0) is 0 Å². The lowest BCUT2D eigenvalue weighted by Gasteiger charge is -2.40. The molecule has 0 unspecified atom stereocenters. The van der Waals surface area contributed by atoms with Gasteiger partial charge in [0.1, 0.15) is 5.82 Å². The predicted molar refractivity (Wildman–Crippen MR) is 68.1 cm³/mol. The third-order valence-corrected chi connectivity index (χ3v) is 3.97. The summed E-state index contributed by atoms with van der Waals surface area (Å²) in [4.78, 5) is 13.7. The summed E-state index contributed by atoms with van der Waals surface area (Å²) in [7, 11) is 0. The minimum absolute atomic E-state index is 0.675. The highest BCUT2D eigenvalue weighted by atomic mass is 15.3. The van der Waals surface area contributed by atoms with E-state index in [1.165, 1.54) is 45.3 Å². The van der Waals surface area contributed by atoms with Crippen LogP contribution >= 0.6 is 0 Å². The summed E-state index contributed by atoms with van der Waals surface area (Å²) in [6.07, 6.45) is 10.7. The summed E-state index contributed by atoms with van der Waals surface area (Å²) in [5, 5.41) is 0. The van der Waals surface area contributed by atoms with Gasteiger partial charge in [0, 0.05) is 31.5 Å². The maximum Gasteiger partial charge on any atom is 0.147 e. The molecule has 0 aromatic carbocycles. The van der Waals surface area contributed by atoms with E-state index in [-0.39, 0.29) is 0 Å². The molecule has 1 aromatic rings. The van der Waals surface area contributed by atoms with Crippen LogP contribution in [0.1, 0.15) is 25.7 Å². The van der Waals surface area contributed by atoms with Crippen molar-refractivity contribution in [3.8, 4) is 0 Å². The van der Waals surface area contributed by atoms with Crippen molar-refractivity contribution in [1.82, 2.24) is 14.9 Å². The third kappa shape index (κ3) is 2.41. The number of aromatic nitrogens is 2. The Bertz CT molecular complexity index is 344. The van der Waals surface area contributed by atoms with E-state index in [0.29, 0.717) is 6.04 Å². The lowest BCUT2D eigenvalue weighted by molar-refractivity contribution is 0.217. The lowest BCUT2D eigenvalue weighted by Crippen LogP contribution is -2.47. The first kappa shape index (κ1) is 11.0. The fraction of sp³-hybridized carbons (Fsp3) is 0.692. The fourth-order valence-electron chi connectivity index (χ4n) is 3.07. The second-order valence-corrected chi connectivity index (χ2v) is 5.04. The number of anilines is 1. The second-order valence-electron chi connectivity index (χ2n) is 5.04. The molecule has 3 aliphatic rings. The summed E-state index contributed by atoms with van der Waals surface area (Å²) in [5.41, 5.74) is 0.